The molecule has 1 aliphatic rings. The van der Waals surface area contributed by atoms with Gasteiger partial charge in [-0.15, -0.1) is 22.2 Å². The minimum atomic E-state index is -2.61. The molecule has 0 N–H and O–H groups in total. The third-order valence-electron chi connectivity index (χ3n) is 2.41. The summed E-state index contributed by atoms with van der Waals surface area (Å²) in [6.45, 7) is 2.28. The van der Waals surface area contributed by atoms with E-state index in [4.69, 9.17) is 45.5 Å². The summed E-state index contributed by atoms with van der Waals surface area (Å²) in [5, 5.41) is 0. The molecule has 1 saturated heterocycles. The molecule has 1 aliphatic heterocycles. The van der Waals surface area contributed by atoms with Crippen LogP contribution in [0.25, 0.3) is 0 Å². The van der Waals surface area contributed by atoms with Gasteiger partial charge >= 0.3 is 6.94 Å². The summed E-state index contributed by atoms with van der Waals surface area (Å²) in [4.78, 5) is 0. The zero-order chi connectivity index (χ0) is 13.8. The Morgan fingerprint density at radius 3 is 1.53 bits per heavy atom. The van der Waals surface area contributed by atoms with Gasteiger partial charge in [0.25, 0.3) is 0 Å². The molecule has 0 aromatic carbocycles. The molecular formula is C11H22Cl2O5Si. The van der Waals surface area contributed by atoms with Crippen molar-refractivity contribution in [2.45, 2.75) is 12.5 Å². The molecule has 0 atom stereocenters. The van der Waals surface area contributed by atoms with Crippen LogP contribution in [0, 0.1) is 0 Å². The van der Waals surface area contributed by atoms with Gasteiger partial charge in [-0.05, 0) is 12.5 Å². The minimum absolute atomic E-state index is 0.420. The van der Waals surface area contributed by atoms with Gasteiger partial charge in [0.1, 0.15) is 0 Å². The van der Waals surface area contributed by atoms with Crippen LogP contribution in [-0.4, -0.2) is 66.4 Å². The van der Waals surface area contributed by atoms with Crippen molar-refractivity contribution in [1.82, 2.24) is 0 Å². The van der Waals surface area contributed by atoms with Crippen molar-refractivity contribution in [2.75, 3.05) is 59.5 Å². The molecule has 8 heteroatoms. The van der Waals surface area contributed by atoms with Crippen LogP contribution in [0.1, 0.15) is 6.42 Å². The quantitative estimate of drug-likeness (QED) is 0.500. The molecule has 1 rings (SSSR count). The van der Waals surface area contributed by atoms with Gasteiger partial charge in [-0.25, -0.2) is 0 Å². The fourth-order valence-electron chi connectivity index (χ4n) is 1.46. The molecule has 0 bridgehead atoms. The van der Waals surface area contributed by atoms with Gasteiger partial charge in [0.2, 0.25) is 0 Å². The third kappa shape index (κ3) is 11.0. The Morgan fingerprint density at radius 1 is 0.579 bits per heavy atom. The maximum Gasteiger partial charge on any atom is 0.389 e. The highest BCUT2D eigenvalue weighted by Crippen LogP contribution is 2.23. The van der Waals surface area contributed by atoms with Gasteiger partial charge < -0.3 is 23.4 Å². The molecule has 0 amide bonds. The first-order valence-electron chi connectivity index (χ1n) is 6.53. The molecule has 114 valence electrons. The lowest BCUT2D eigenvalue weighted by Gasteiger charge is -2.17. The molecule has 1 heterocycles. The fourth-order valence-corrected chi connectivity index (χ4v) is 3.81. The second-order valence-electron chi connectivity index (χ2n) is 4.04. The summed E-state index contributed by atoms with van der Waals surface area (Å²) in [7, 11) is 0. The summed E-state index contributed by atoms with van der Waals surface area (Å²) >= 11 is 12.3. The van der Waals surface area contributed by atoms with Crippen LogP contribution in [-0.2, 0) is 23.4 Å². The predicted octanol–water partition coefficient (Wildman–Crippen LogP) is 1.89. The van der Waals surface area contributed by atoms with E-state index in [0.29, 0.717) is 65.5 Å². The zero-order valence-corrected chi connectivity index (χ0v) is 13.6. The number of rotatable bonds is 0. The van der Waals surface area contributed by atoms with Crippen molar-refractivity contribution in [3.8, 4) is 0 Å². The van der Waals surface area contributed by atoms with E-state index in [1.807, 2.05) is 0 Å². The fraction of sp³-hybridized carbons (Fsp3) is 1.00. The maximum atomic E-state index is 6.15. The van der Waals surface area contributed by atoms with E-state index in [1.165, 1.54) is 0 Å². The van der Waals surface area contributed by atoms with Gasteiger partial charge in [0.05, 0.1) is 52.9 Å². The van der Waals surface area contributed by atoms with E-state index in [9.17, 15) is 0 Å². The molecule has 0 aliphatic carbocycles. The SMILES string of the molecule is Cl[Si]1(Cl)CCCOCCOCCOCCOCCO1. The molecule has 0 saturated carbocycles. The zero-order valence-electron chi connectivity index (χ0n) is 11.1. The average Bonchev–Trinajstić information content (AvgIpc) is 2.37. The van der Waals surface area contributed by atoms with Crippen LogP contribution < -0.4 is 0 Å². The summed E-state index contributed by atoms with van der Waals surface area (Å²) < 4.78 is 26.9. The van der Waals surface area contributed by atoms with Crippen LogP contribution in [0.5, 0.6) is 0 Å². The van der Waals surface area contributed by atoms with Crippen LogP contribution in [0.2, 0.25) is 6.04 Å². The number of hydrogen-bond donors (Lipinski definition) is 0. The van der Waals surface area contributed by atoms with Gasteiger partial charge in [-0.3, -0.25) is 0 Å². The van der Waals surface area contributed by atoms with Crippen LogP contribution in [0.4, 0.5) is 0 Å². The first kappa shape index (κ1) is 17.6. The smallest absolute Gasteiger partial charge is 0.389 e. The molecule has 0 spiro atoms. The predicted molar refractivity (Wildman–Crippen MR) is 76.1 cm³/mol. The van der Waals surface area contributed by atoms with Gasteiger partial charge in [0, 0.05) is 6.61 Å². The van der Waals surface area contributed by atoms with Crippen molar-refractivity contribution in [3.05, 3.63) is 0 Å². The van der Waals surface area contributed by atoms with Crippen molar-refractivity contribution in [3.63, 3.8) is 0 Å². The van der Waals surface area contributed by atoms with Gasteiger partial charge in [0.15, 0.2) is 0 Å². The average molecular weight is 333 g/mol. The minimum Gasteiger partial charge on any atom is -0.390 e. The maximum absolute atomic E-state index is 6.15. The summed E-state index contributed by atoms with van der Waals surface area (Å²) in [6.07, 6.45) is 0.795. The Morgan fingerprint density at radius 2 is 1.00 bits per heavy atom. The number of ether oxygens (including phenoxy) is 4. The topological polar surface area (TPSA) is 46.2 Å². The summed E-state index contributed by atoms with van der Waals surface area (Å²) in [5.74, 6) is 0. The molecule has 0 radical (unpaired) electrons. The Kier molecular flexibility index (Phi) is 10.5. The number of hydrogen-bond acceptors (Lipinski definition) is 5. The van der Waals surface area contributed by atoms with Crippen LogP contribution >= 0.6 is 22.2 Å². The molecular weight excluding hydrogens is 311 g/mol. The Labute approximate surface area is 124 Å². The largest absolute Gasteiger partial charge is 0.390 e. The summed E-state index contributed by atoms with van der Waals surface area (Å²) in [6, 6.07) is 0.653. The van der Waals surface area contributed by atoms with Crippen molar-refractivity contribution >= 4 is 29.1 Å². The van der Waals surface area contributed by atoms with Gasteiger partial charge in [-0.1, -0.05) is 0 Å². The lowest BCUT2D eigenvalue weighted by atomic mass is 10.5. The van der Waals surface area contributed by atoms with E-state index in [-0.39, 0.29) is 0 Å². The van der Waals surface area contributed by atoms with E-state index >= 15 is 0 Å². The van der Waals surface area contributed by atoms with Crippen LogP contribution in [0.3, 0.4) is 0 Å². The highest BCUT2D eigenvalue weighted by molar-refractivity contribution is 7.42. The highest BCUT2D eigenvalue weighted by Gasteiger charge is 2.29. The van der Waals surface area contributed by atoms with E-state index in [1.54, 1.807) is 0 Å². The van der Waals surface area contributed by atoms with Gasteiger partial charge in [-0.2, -0.15) is 0 Å². The molecule has 19 heavy (non-hydrogen) atoms. The Bertz CT molecular complexity index is 201. The number of halogens is 2. The first-order valence-corrected chi connectivity index (χ1v) is 10.7. The van der Waals surface area contributed by atoms with E-state index in [2.05, 4.69) is 0 Å². The second kappa shape index (κ2) is 11.3. The third-order valence-corrected chi connectivity index (χ3v) is 5.76. The normalized spacial score (nSPS) is 25.6. The molecule has 5 nitrogen and oxygen atoms in total. The Hall–Kier alpha value is 0.597. The van der Waals surface area contributed by atoms with Crippen molar-refractivity contribution in [1.29, 1.82) is 0 Å². The van der Waals surface area contributed by atoms with Crippen molar-refractivity contribution < 1.29 is 23.4 Å². The molecule has 0 unspecified atom stereocenters. The second-order valence-corrected chi connectivity index (χ2v) is 10.3. The van der Waals surface area contributed by atoms with Crippen LogP contribution in [0.15, 0.2) is 0 Å². The van der Waals surface area contributed by atoms with E-state index in [0.717, 1.165) is 6.42 Å². The molecule has 0 aromatic rings. The molecule has 1 fully saturated rings. The Balaban J connectivity index is 2.20. The lowest BCUT2D eigenvalue weighted by molar-refractivity contribution is -0.00368. The molecule has 0 aromatic heterocycles. The standard InChI is InChI=1S/C11H22Cl2O5Si/c12-19(13)11-1-2-14-3-4-15-5-6-16-7-8-17-9-10-18-19/h1-11H2. The monoisotopic (exact) mass is 332 g/mol. The van der Waals surface area contributed by atoms with Crippen molar-refractivity contribution in [2.24, 2.45) is 0 Å². The highest BCUT2D eigenvalue weighted by atomic mass is 35.7. The first-order chi connectivity index (χ1) is 9.21. The lowest BCUT2D eigenvalue weighted by Crippen LogP contribution is -2.27. The summed E-state index contributed by atoms with van der Waals surface area (Å²) in [5.41, 5.74) is 0. The van der Waals surface area contributed by atoms with E-state index < -0.39 is 6.94 Å².